The molecule has 0 saturated heterocycles. The second-order valence-corrected chi connectivity index (χ2v) is 5.78. The molecule has 0 spiro atoms. The number of hydrogen-bond acceptors (Lipinski definition) is 4. The molecule has 7 heteroatoms. The average Bonchev–Trinajstić information content (AvgIpc) is 2.98. The Morgan fingerprint density at radius 2 is 2.00 bits per heavy atom. The third-order valence-corrected chi connectivity index (χ3v) is 4.00. The second kappa shape index (κ2) is 6.34. The SMILES string of the molecule is Cc1nn2cnnc2c(C)c1CCC(=O)Nc1ccc(Cl)cc1. The first-order valence-corrected chi connectivity index (χ1v) is 7.64. The van der Waals surface area contributed by atoms with Crippen molar-refractivity contribution in [3.05, 3.63) is 52.4 Å². The zero-order valence-electron chi connectivity index (χ0n) is 12.9. The monoisotopic (exact) mass is 329 g/mol. The first-order valence-electron chi connectivity index (χ1n) is 7.26. The van der Waals surface area contributed by atoms with Crippen LogP contribution >= 0.6 is 11.6 Å². The minimum atomic E-state index is -0.0486. The number of aromatic nitrogens is 4. The quantitative estimate of drug-likeness (QED) is 0.798. The van der Waals surface area contributed by atoms with Crippen molar-refractivity contribution in [2.75, 3.05) is 5.32 Å². The van der Waals surface area contributed by atoms with E-state index >= 15 is 0 Å². The molecular formula is C16H16ClN5O. The van der Waals surface area contributed by atoms with Crippen LogP contribution in [0.1, 0.15) is 23.2 Å². The highest BCUT2D eigenvalue weighted by atomic mass is 35.5. The van der Waals surface area contributed by atoms with Crippen LogP contribution in [0.5, 0.6) is 0 Å². The Morgan fingerprint density at radius 1 is 1.26 bits per heavy atom. The summed E-state index contributed by atoms with van der Waals surface area (Å²) >= 11 is 5.83. The van der Waals surface area contributed by atoms with Crippen molar-refractivity contribution in [1.29, 1.82) is 0 Å². The number of carbonyl (C=O) groups is 1. The van der Waals surface area contributed by atoms with Gasteiger partial charge in [-0.05, 0) is 50.1 Å². The summed E-state index contributed by atoms with van der Waals surface area (Å²) in [5.74, 6) is -0.0486. The van der Waals surface area contributed by atoms with E-state index in [4.69, 9.17) is 11.6 Å². The van der Waals surface area contributed by atoms with E-state index in [-0.39, 0.29) is 5.91 Å². The predicted molar refractivity (Wildman–Crippen MR) is 88.7 cm³/mol. The Hall–Kier alpha value is -2.47. The molecule has 0 atom stereocenters. The minimum absolute atomic E-state index is 0.0486. The maximum atomic E-state index is 12.1. The number of rotatable bonds is 4. The number of hydrogen-bond donors (Lipinski definition) is 1. The Bertz CT molecular complexity index is 857. The highest BCUT2D eigenvalue weighted by Gasteiger charge is 2.12. The summed E-state index contributed by atoms with van der Waals surface area (Å²) < 4.78 is 1.65. The van der Waals surface area contributed by atoms with Gasteiger partial charge in [0.1, 0.15) is 6.33 Å². The van der Waals surface area contributed by atoms with Gasteiger partial charge in [-0.15, -0.1) is 10.2 Å². The number of nitrogens with one attached hydrogen (secondary N) is 1. The number of halogens is 1. The van der Waals surface area contributed by atoms with Gasteiger partial charge in [-0.1, -0.05) is 11.6 Å². The Labute approximate surface area is 138 Å². The zero-order valence-corrected chi connectivity index (χ0v) is 13.6. The van der Waals surface area contributed by atoms with Gasteiger partial charge in [0.05, 0.1) is 5.69 Å². The van der Waals surface area contributed by atoms with Crippen LogP contribution in [-0.4, -0.2) is 25.7 Å². The Balaban J connectivity index is 1.70. The average molecular weight is 330 g/mol. The molecule has 0 radical (unpaired) electrons. The van der Waals surface area contributed by atoms with Gasteiger partial charge in [-0.2, -0.15) is 5.10 Å². The van der Waals surface area contributed by atoms with E-state index in [1.807, 2.05) is 13.8 Å². The lowest BCUT2D eigenvalue weighted by Crippen LogP contribution is -2.13. The van der Waals surface area contributed by atoms with Crippen LogP contribution in [0.3, 0.4) is 0 Å². The number of aryl methyl sites for hydroxylation is 2. The third kappa shape index (κ3) is 3.32. The number of fused-ring (bicyclic) bond motifs is 1. The van der Waals surface area contributed by atoms with E-state index < -0.39 is 0 Å². The highest BCUT2D eigenvalue weighted by molar-refractivity contribution is 6.30. The molecule has 0 aliphatic heterocycles. The van der Waals surface area contributed by atoms with Crippen molar-refractivity contribution in [3.8, 4) is 0 Å². The van der Waals surface area contributed by atoms with Crippen molar-refractivity contribution in [2.45, 2.75) is 26.7 Å². The lowest BCUT2D eigenvalue weighted by Gasteiger charge is -2.10. The zero-order chi connectivity index (χ0) is 16.4. The Morgan fingerprint density at radius 3 is 2.74 bits per heavy atom. The molecule has 0 aliphatic rings. The molecule has 0 fully saturated rings. The van der Waals surface area contributed by atoms with Crippen LogP contribution in [-0.2, 0) is 11.2 Å². The molecule has 0 saturated carbocycles. The molecule has 0 unspecified atom stereocenters. The summed E-state index contributed by atoms with van der Waals surface area (Å²) in [5.41, 5.74) is 4.39. The van der Waals surface area contributed by atoms with Crippen LogP contribution in [0.2, 0.25) is 5.02 Å². The van der Waals surface area contributed by atoms with Gasteiger partial charge in [0.25, 0.3) is 0 Å². The van der Waals surface area contributed by atoms with Gasteiger partial charge in [0.15, 0.2) is 5.65 Å². The molecule has 0 bridgehead atoms. The van der Waals surface area contributed by atoms with E-state index in [9.17, 15) is 4.79 Å². The summed E-state index contributed by atoms with van der Waals surface area (Å²) in [4.78, 5) is 12.1. The lowest BCUT2D eigenvalue weighted by atomic mass is 10.0. The molecule has 2 aromatic heterocycles. The van der Waals surface area contributed by atoms with Crippen molar-refractivity contribution in [3.63, 3.8) is 0 Å². The van der Waals surface area contributed by atoms with Gasteiger partial charge in [0.2, 0.25) is 5.91 Å². The van der Waals surface area contributed by atoms with Crippen LogP contribution < -0.4 is 5.32 Å². The summed E-state index contributed by atoms with van der Waals surface area (Å²) in [6.45, 7) is 3.91. The fraction of sp³-hybridized carbons (Fsp3) is 0.250. The van der Waals surface area contributed by atoms with E-state index in [0.717, 1.165) is 28.2 Å². The van der Waals surface area contributed by atoms with E-state index in [2.05, 4.69) is 20.6 Å². The minimum Gasteiger partial charge on any atom is -0.326 e. The second-order valence-electron chi connectivity index (χ2n) is 5.34. The van der Waals surface area contributed by atoms with Crippen LogP contribution in [0.25, 0.3) is 5.65 Å². The molecule has 118 valence electrons. The topological polar surface area (TPSA) is 72.2 Å². The van der Waals surface area contributed by atoms with Gasteiger partial charge in [0, 0.05) is 22.7 Å². The summed E-state index contributed by atoms with van der Waals surface area (Å²) in [5, 5.41) is 15.8. The maximum Gasteiger partial charge on any atom is 0.224 e. The molecule has 1 amide bonds. The fourth-order valence-corrected chi connectivity index (χ4v) is 2.67. The van der Waals surface area contributed by atoms with Crippen LogP contribution in [0.4, 0.5) is 5.69 Å². The van der Waals surface area contributed by atoms with Crippen molar-refractivity contribution in [2.24, 2.45) is 0 Å². The molecule has 1 N–H and O–H groups in total. The van der Waals surface area contributed by atoms with Crippen molar-refractivity contribution >= 4 is 28.8 Å². The standard InChI is InChI=1S/C16H16ClN5O/c1-10-14(11(2)21-22-9-18-20-16(10)22)7-8-15(23)19-13-5-3-12(17)4-6-13/h3-6,9H,7-8H2,1-2H3,(H,19,23). The maximum absolute atomic E-state index is 12.1. The summed E-state index contributed by atoms with van der Waals surface area (Å²) in [6, 6.07) is 7.05. The van der Waals surface area contributed by atoms with Gasteiger partial charge >= 0.3 is 0 Å². The van der Waals surface area contributed by atoms with Crippen molar-refractivity contribution < 1.29 is 4.79 Å². The number of carbonyl (C=O) groups excluding carboxylic acids is 1. The normalized spacial score (nSPS) is 10.9. The molecule has 0 aliphatic carbocycles. The highest BCUT2D eigenvalue weighted by Crippen LogP contribution is 2.18. The third-order valence-electron chi connectivity index (χ3n) is 3.74. The number of nitrogens with zero attached hydrogens (tertiary/aromatic N) is 4. The summed E-state index contributed by atoms with van der Waals surface area (Å²) in [7, 11) is 0. The van der Waals surface area contributed by atoms with E-state index in [1.54, 1.807) is 35.1 Å². The largest absolute Gasteiger partial charge is 0.326 e. The van der Waals surface area contributed by atoms with Crippen LogP contribution in [0.15, 0.2) is 30.6 Å². The molecule has 2 heterocycles. The number of amides is 1. The summed E-state index contributed by atoms with van der Waals surface area (Å²) in [6.07, 6.45) is 2.55. The Kier molecular flexibility index (Phi) is 4.25. The molecular weight excluding hydrogens is 314 g/mol. The van der Waals surface area contributed by atoms with Crippen LogP contribution in [0, 0.1) is 13.8 Å². The predicted octanol–water partition coefficient (Wildman–Crippen LogP) is 2.97. The van der Waals surface area contributed by atoms with Crippen molar-refractivity contribution in [1.82, 2.24) is 19.8 Å². The molecule has 1 aromatic carbocycles. The molecule has 6 nitrogen and oxygen atoms in total. The number of anilines is 1. The van der Waals surface area contributed by atoms with E-state index in [1.165, 1.54) is 0 Å². The molecule has 23 heavy (non-hydrogen) atoms. The van der Waals surface area contributed by atoms with E-state index in [0.29, 0.717) is 17.9 Å². The van der Waals surface area contributed by atoms with Gasteiger partial charge in [-0.25, -0.2) is 4.52 Å². The fourth-order valence-electron chi connectivity index (χ4n) is 2.54. The molecule has 3 rings (SSSR count). The first-order chi connectivity index (χ1) is 11.0. The van der Waals surface area contributed by atoms with Gasteiger partial charge < -0.3 is 5.32 Å². The first kappa shape index (κ1) is 15.4. The number of benzene rings is 1. The molecule has 3 aromatic rings. The van der Waals surface area contributed by atoms with Gasteiger partial charge in [-0.3, -0.25) is 4.79 Å². The smallest absolute Gasteiger partial charge is 0.224 e. The lowest BCUT2D eigenvalue weighted by molar-refractivity contribution is -0.116.